The quantitative estimate of drug-likeness (QED) is 0.787. The lowest BCUT2D eigenvalue weighted by atomic mass is 9.99. The molecule has 16 heavy (non-hydrogen) atoms. The van der Waals surface area contributed by atoms with Crippen molar-refractivity contribution in [2.24, 2.45) is 5.92 Å². The van der Waals surface area contributed by atoms with Crippen LogP contribution in [0.3, 0.4) is 0 Å². The Balaban J connectivity index is 2.64. The second kappa shape index (κ2) is 6.05. The highest BCUT2D eigenvalue weighted by Gasteiger charge is 2.14. The molecule has 0 saturated carbocycles. The summed E-state index contributed by atoms with van der Waals surface area (Å²) in [5.74, 6) is 0.692. The van der Waals surface area contributed by atoms with Crippen LogP contribution in [0.25, 0.3) is 0 Å². The van der Waals surface area contributed by atoms with E-state index in [1.807, 2.05) is 0 Å². The van der Waals surface area contributed by atoms with Gasteiger partial charge in [-0.05, 0) is 31.7 Å². The van der Waals surface area contributed by atoms with Crippen molar-refractivity contribution >= 4 is 0 Å². The van der Waals surface area contributed by atoms with E-state index in [9.17, 15) is 0 Å². The largest absolute Gasteiger partial charge is 0.307 e. The summed E-state index contributed by atoms with van der Waals surface area (Å²) < 4.78 is 0. The molecule has 1 rings (SSSR count). The van der Waals surface area contributed by atoms with Crippen LogP contribution in [0.2, 0.25) is 0 Å². The summed E-state index contributed by atoms with van der Waals surface area (Å²) in [6, 6.07) is 9.86. The Hall–Kier alpha value is -0.820. The molecule has 0 aliphatic rings. The summed E-state index contributed by atoms with van der Waals surface area (Å²) in [5, 5.41) is 3.70. The van der Waals surface area contributed by atoms with E-state index < -0.39 is 0 Å². The predicted molar refractivity (Wildman–Crippen MR) is 71.6 cm³/mol. The summed E-state index contributed by atoms with van der Waals surface area (Å²) in [6.07, 6.45) is 1.19. The summed E-state index contributed by atoms with van der Waals surface area (Å²) in [4.78, 5) is 0. The van der Waals surface area contributed by atoms with E-state index in [2.05, 4.69) is 64.2 Å². The molecule has 1 N–H and O–H groups in total. The van der Waals surface area contributed by atoms with Crippen LogP contribution in [0.5, 0.6) is 0 Å². The summed E-state index contributed by atoms with van der Waals surface area (Å²) in [5.41, 5.74) is 2.71. The normalized spacial score (nSPS) is 15.1. The predicted octanol–water partition coefficient (Wildman–Crippen LogP) is 4.08. The molecule has 0 aromatic heterocycles. The van der Waals surface area contributed by atoms with Gasteiger partial charge in [0, 0.05) is 12.1 Å². The third kappa shape index (κ3) is 3.64. The minimum absolute atomic E-state index is 0.438. The third-order valence-corrected chi connectivity index (χ3v) is 3.29. The van der Waals surface area contributed by atoms with Crippen molar-refractivity contribution in [3.05, 3.63) is 35.4 Å². The number of benzene rings is 1. The Morgan fingerprint density at radius 1 is 1.06 bits per heavy atom. The van der Waals surface area contributed by atoms with Crippen molar-refractivity contribution in [3.63, 3.8) is 0 Å². The Bertz CT molecular complexity index is 300. The monoisotopic (exact) mass is 219 g/mol. The van der Waals surface area contributed by atoms with E-state index in [0.29, 0.717) is 18.0 Å². The van der Waals surface area contributed by atoms with Crippen LogP contribution in [-0.4, -0.2) is 6.04 Å². The van der Waals surface area contributed by atoms with Gasteiger partial charge in [0.25, 0.3) is 0 Å². The molecule has 0 spiro atoms. The first-order valence-electron chi connectivity index (χ1n) is 6.37. The minimum Gasteiger partial charge on any atom is -0.307 e. The van der Waals surface area contributed by atoms with Gasteiger partial charge in [0.15, 0.2) is 0 Å². The van der Waals surface area contributed by atoms with Gasteiger partial charge in [-0.25, -0.2) is 0 Å². The molecule has 0 saturated heterocycles. The molecule has 0 radical (unpaired) electrons. The SMILES string of the molecule is CCC(N[C@H](C)c1ccc(C)cc1)C(C)C. The van der Waals surface area contributed by atoms with Crippen molar-refractivity contribution in [1.29, 1.82) is 0 Å². The first-order valence-corrected chi connectivity index (χ1v) is 6.37. The summed E-state index contributed by atoms with van der Waals surface area (Å²) in [6.45, 7) is 11.2. The lowest BCUT2D eigenvalue weighted by Gasteiger charge is -2.25. The fraction of sp³-hybridized carbons (Fsp3) is 0.600. The van der Waals surface area contributed by atoms with Crippen molar-refractivity contribution < 1.29 is 0 Å². The van der Waals surface area contributed by atoms with E-state index in [4.69, 9.17) is 0 Å². The molecular weight excluding hydrogens is 194 g/mol. The molecule has 2 atom stereocenters. The van der Waals surface area contributed by atoms with E-state index >= 15 is 0 Å². The van der Waals surface area contributed by atoms with Gasteiger partial charge >= 0.3 is 0 Å². The lowest BCUT2D eigenvalue weighted by Crippen LogP contribution is -2.35. The number of rotatable bonds is 5. The molecular formula is C15H25N. The maximum Gasteiger partial charge on any atom is 0.0294 e. The van der Waals surface area contributed by atoms with Crippen LogP contribution >= 0.6 is 0 Å². The van der Waals surface area contributed by atoms with Gasteiger partial charge in [0.1, 0.15) is 0 Å². The van der Waals surface area contributed by atoms with Gasteiger partial charge in [-0.3, -0.25) is 0 Å². The van der Waals surface area contributed by atoms with Crippen molar-refractivity contribution in [2.45, 2.75) is 53.1 Å². The zero-order valence-corrected chi connectivity index (χ0v) is 11.2. The van der Waals surface area contributed by atoms with Gasteiger partial charge in [0.05, 0.1) is 0 Å². The van der Waals surface area contributed by atoms with Crippen molar-refractivity contribution in [1.82, 2.24) is 5.32 Å². The van der Waals surface area contributed by atoms with Crippen LogP contribution in [-0.2, 0) is 0 Å². The standard InChI is InChI=1S/C15H25N/c1-6-15(11(2)3)16-13(5)14-9-7-12(4)8-10-14/h7-11,13,15-16H,6H2,1-5H3/t13-,15?/m1/s1. The zero-order valence-electron chi connectivity index (χ0n) is 11.2. The molecule has 1 aromatic carbocycles. The maximum absolute atomic E-state index is 3.70. The maximum atomic E-state index is 3.70. The topological polar surface area (TPSA) is 12.0 Å². The fourth-order valence-corrected chi connectivity index (χ4v) is 2.05. The van der Waals surface area contributed by atoms with E-state index in [-0.39, 0.29) is 0 Å². The van der Waals surface area contributed by atoms with Crippen molar-refractivity contribution in [2.75, 3.05) is 0 Å². The molecule has 0 bridgehead atoms. The molecule has 0 fully saturated rings. The average molecular weight is 219 g/mol. The number of hydrogen-bond donors (Lipinski definition) is 1. The molecule has 0 heterocycles. The summed E-state index contributed by atoms with van der Waals surface area (Å²) >= 11 is 0. The molecule has 0 aliphatic carbocycles. The Morgan fingerprint density at radius 3 is 2.06 bits per heavy atom. The Labute approximate surface area is 100 Å². The molecule has 1 nitrogen and oxygen atoms in total. The molecule has 1 unspecified atom stereocenters. The number of hydrogen-bond acceptors (Lipinski definition) is 1. The van der Waals surface area contributed by atoms with Crippen LogP contribution < -0.4 is 5.32 Å². The third-order valence-electron chi connectivity index (χ3n) is 3.29. The molecule has 0 aliphatic heterocycles. The first-order chi connectivity index (χ1) is 7.54. The molecule has 1 heteroatoms. The van der Waals surface area contributed by atoms with Crippen molar-refractivity contribution in [3.8, 4) is 0 Å². The first kappa shape index (κ1) is 13.2. The second-order valence-corrected chi connectivity index (χ2v) is 5.06. The average Bonchev–Trinajstić information content (AvgIpc) is 2.26. The van der Waals surface area contributed by atoms with E-state index in [0.717, 1.165) is 0 Å². The Kier molecular flexibility index (Phi) is 5.01. The lowest BCUT2D eigenvalue weighted by molar-refractivity contribution is 0.356. The van der Waals surface area contributed by atoms with Gasteiger partial charge in [-0.1, -0.05) is 50.6 Å². The zero-order chi connectivity index (χ0) is 12.1. The van der Waals surface area contributed by atoms with Gasteiger partial charge in [0.2, 0.25) is 0 Å². The highest BCUT2D eigenvalue weighted by Crippen LogP contribution is 2.16. The number of aryl methyl sites for hydroxylation is 1. The fourth-order valence-electron chi connectivity index (χ4n) is 2.05. The second-order valence-electron chi connectivity index (χ2n) is 5.06. The summed E-state index contributed by atoms with van der Waals surface area (Å²) in [7, 11) is 0. The van der Waals surface area contributed by atoms with E-state index in [1.54, 1.807) is 0 Å². The molecule has 90 valence electrons. The molecule has 0 amide bonds. The highest BCUT2D eigenvalue weighted by atomic mass is 14.9. The number of nitrogens with one attached hydrogen (secondary N) is 1. The van der Waals surface area contributed by atoms with Crippen LogP contribution in [0.1, 0.15) is 51.3 Å². The van der Waals surface area contributed by atoms with Gasteiger partial charge < -0.3 is 5.32 Å². The molecule has 1 aromatic rings. The van der Waals surface area contributed by atoms with Crippen LogP contribution in [0.4, 0.5) is 0 Å². The minimum atomic E-state index is 0.438. The highest BCUT2D eigenvalue weighted by molar-refractivity contribution is 5.23. The Morgan fingerprint density at radius 2 is 1.62 bits per heavy atom. The van der Waals surface area contributed by atoms with E-state index in [1.165, 1.54) is 17.5 Å². The van der Waals surface area contributed by atoms with Crippen LogP contribution in [0, 0.1) is 12.8 Å². The van der Waals surface area contributed by atoms with Gasteiger partial charge in [-0.15, -0.1) is 0 Å². The smallest absolute Gasteiger partial charge is 0.0294 e. The van der Waals surface area contributed by atoms with Gasteiger partial charge in [-0.2, -0.15) is 0 Å². The van der Waals surface area contributed by atoms with Crippen LogP contribution in [0.15, 0.2) is 24.3 Å².